The zero-order chi connectivity index (χ0) is 17.0. The molecule has 1 aromatic carbocycles. The minimum atomic E-state index is -0.777. The molecule has 1 saturated carbocycles. The molecule has 1 amide bonds. The average Bonchev–Trinajstić information content (AvgIpc) is 2.85. The molecule has 2 N–H and O–H groups in total. The van der Waals surface area contributed by atoms with Crippen LogP contribution in [0.1, 0.15) is 48.9 Å². The monoisotopic (exact) mass is 327 g/mol. The first-order chi connectivity index (χ1) is 11.6. The summed E-state index contributed by atoms with van der Waals surface area (Å²) < 4.78 is 1.65. The summed E-state index contributed by atoms with van der Waals surface area (Å²) in [4.78, 5) is 12.6. The van der Waals surface area contributed by atoms with Crippen LogP contribution in [0, 0.1) is 0 Å². The Labute approximate surface area is 142 Å². The van der Waals surface area contributed by atoms with E-state index in [0.717, 1.165) is 44.1 Å². The molecule has 1 aliphatic carbocycles. The second kappa shape index (κ2) is 7.18. The largest absolute Gasteiger partial charge is 0.388 e. The molecule has 0 radical (unpaired) electrons. The highest BCUT2D eigenvalue weighted by atomic mass is 16.3. The summed E-state index contributed by atoms with van der Waals surface area (Å²) in [5.74, 6) is -0.181. The van der Waals surface area contributed by atoms with Crippen molar-refractivity contribution in [2.24, 2.45) is 7.05 Å². The Bertz CT molecular complexity index is 686. The molecule has 1 aliphatic rings. The molecule has 1 fully saturated rings. The molecule has 2 aromatic rings. The normalized spacial score (nSPS) is 17.2. The number of carbonyl (C=O) groups excluding carboxylic acids is 1. The fourth-order valence-corrected chi connectivity index (χ4v) is 3.37. The van der Waals surface area contributed by atoms with Crippen molar-refractivity contribution in [3.8, 4) is 11.3 Å². The topological polar surface area (TPSA) is 67.2 Å². The molecule has 3 rings (SSSR count). The van der Waals surface area contributed by atoms with Gasteiger partial charge in [-0.1, -0.05) is 56.0 Å². The smallest absolute Gasteiger partial charge is 0.255 e. The Kier molecular flexibility index (Phi) is 5.00. The predicted molar refractivity (Wildman–Crippen MR) is 93.6 cm³/mol. The number of nitrogens with one attached hydrogen (secondary N) is 1. The van der Waals surface area contributed by atoms with Crippen LogP contribution in [0.4, 0.5) is 0 Å². The number of aromatic nitrogens is 2. The first-order valence-electron chi connectivity index (χ1n) is 8.67. The van der Waals surface area contributed by atoms with Gasteiger partial charge >= 0.3 is 0 Å². The third kappa shape index (κ3) is 3.85. The molecule has 0 unspecified atom stereocenters. The number of aliphatic hydroxyl groups is 1. The summed E-state index contributed by atoms with van der Waals surface area (Å²) in [6.45, 7) is 0.301. The van der Waals surface area contributed by atoms with Crippen LogP contribution in [0.2, 0.25) is 0 Å². The van der Waals surface area contributed by atoms with Gasteiger partial charge < -0.3 is 10.4 Å². The van der Waals surface area contributed by atoms with E-state index in [1.807, 2.05) is 37.4 Å². The molecular weight excluding hydrogens is 302 g/mol. The Balaban J connectivity index is 1.74. The van der Waals surface area contributed by atoms with Gasteiger partial charge in [0.2, 0.25) is 0 Å². The van der Waals surface area contributed by atoms with Crippen LogP contribution in [-0.2, 0) is 7.05 Å². The van der Waals surface area contributed by atoms with E-state index >= 15 is 0 Å². The zero-order valence-corrected chi connectivity index (χ0v) is 14.2. The van der Waals surface area contributed by atoms with Gasteiger partial charge in [0.15, 0.2) is 0 Å². The fraction of sp³-hybridized carbons (Fsp3) is 0.474. The Morgan fingerprint density at radius 2 is 1.88 bits per heavy atom. The molecule has 0 aliphatic heterocycles. The molecular formula is C19H25N3O2. The van der Waals surface area contributed by atoms with Crippen molar-refractivity contribution in [1.29, 1.82) is 0 Å². The summed E-state index contributed by atoms with van der Waals surface area (Å²) in [7, 11) is 1.81. The molecule has 0 atom stereocenters. The van der Waals surface area contributed by atoms with Crippen molar-refractivity contribution in [3.05, 3.63) is 42.1 Å². The Morgan fingerprint density at radius 1 is 1.21 bits per heavy atom. The van der Waals surface area contributed by atoms with E-state index < -0.39 is 5.60 Å². The maximum absolute atomic E-state index is 12.6. The van der Waals surface area contributed by atoms with Gasteiger partial charge in [0.1, 0.15) is 5.69 Å². The zero-order valence-electron chi connectivity index (χ0n) is 14.2. The van der Waals surface area contributed by atoms with E-state index in [4.69, 9.17) is 0 Å². The highest BCUT2D eigenvalue weighted by Gasteiger charge is 2.29. The first-order valence-corrected chi connectivity index (χ1v) is 8.67. The van der Waals surface area contributed by atoms with Crippen molar-refractivity contribution >= 4 is 5.91 Å². The number of nitrogens with zero attached hydrogens (tertiary/aromatic N) is 2. The molecule has 5 nitrogen and oxygen atoms in total. The molecule has 0 spiro atoms. The standard InChI is InChI=1S/C19H25N3O2/c1-22-13-16(17(21-22)15-9-5-4-6-10-15)18(23)20-14-19(24)11-7-2-3-8-12-19/h4-6,9-10,13,24H,2-3,7-8,11-12,14H2,1H3,(H,20,23). The summed E-state index contributed by atoms with van der Waals surface area (Å²) in [5.41, 5.74) is 1.35. The SMILES string of the molecule is Cn1cc(C(=O)NCC2(O)CCCCCC2)c(-c2ccccc2)n1. The van der Waals surface area contributed by atoms with Crippen molar-refractivity contribution in [3.63, 3.8) is 0 Å². The van der Waals surface area contributed by atoms with E-state index in [1.165, 1.54) is 0 Å². The highest BCUT2D eigenvalue weighted by molar-refractivity contribution is 5.99. The van der Waals surface area contributed by atoms with Gasteiger partial charge in [-0.3, -0.25) is 9.48 Å². The summed E-state index contributed by atoms with van der Waals surface area (Å²) in [6.07, 6.45) is 7.61. The second-order valence-electron chi connectivity index (χ2n) is 6.75. The van der Waals surface area contributed by atoms with Crippen molar-refractivity contribution in [2.75, 3.05) is 6.54 Å². The average molecular weight is 327 g/mol. The highest BCUT2D eigenvalue weighted by Crippen LogP contribution is 2.27. The van der Waals surface area contributed by atoms with E-state index in [1.54, 1.807) is 10.9 Å². The van der Waals surface area contributed by atoms with Gasteiger partial charge in [-0.25, -0.2) is 0 Å². The van der Waals surface area contributed by atoms with Gasteiger partial charge in [-0.15, -0.1) is 0 Å². The quantitative estimate of drug-likeness (QED) is 0.849. The molecule has 5 heteroatoms. The maximum Gasteiger partial charge on any atom is 0.255 e. The lowest BCUT2D eigenvalue weighted by molar-refractivity contribution is 0.0246. The van der Waals surface area contributed by atoms with Gasteiger partial charge in [0.25, 0.3) is 5.91 Å². The number of aryl methyl sites for hydroxylation is 1. The van der Waals surface area contributed by atoms with Gasteiger partial charge in [-0.05, 0) is 12.8 Å². The number of benzene rings is 1. The summed E-state index contributed by atoms with van der Waals surface area (Å²) in [5, 5.41) is 18.0. The lowest BCUT2D eigenvalue weighted by Gasteiger charge is -2.26. The third-order valence-corrected chi connectivity index (χ3v) is 4.73. The fourth-order valence-electron chi connectivity index (χ4n) is 3.37. The summed E-state index contributed by atoms with van der Waals surface area (Å²) >= 11 is 0. The third-order valence-electron chi connectivity index (χ3n) is 4.73. The first kappa shape index (κ1) is 16.7. The predicted octanol–water partition coefficient (Wildman–Crippen LogP) is 2.90. The van der Waals surface area contributed by atoms with E-state index in [9.17, 15) is 9.90 Å². The number of hydrogen-bond acceptors (Lipinski definition) is 3. The van der Waals surface area contributed by atoms with Crippen LogP contribution in [0.15, 0.2) is 36.5 Å². The van der Waals surface area contributed by atoms with E-state index in [0.29, 0.717) is 17.8 Å². The van der Waals surface area contributed by atoms with E-state index in [2.05, 4.69) is 10.4 Å². The Hall–Kier alpha value is -2.14. The van der Waals surface area contributed by atoms with Crippen LogP contribution in [0.25, 0.3) is 11.3 Å². The molecule has 0 saturated heterocycles. The lowest BCUT2D eigenvalue weighted by Crippen LogP contribution is -2.42. The molecule has 24 heavy (non-hydrogen) atoms. The van der Waals surface area contributed by atoms with Crippen LogP contribution in [-0.4, -0.2) is 32.9 Å². The maximum atomic E-state index is 12.6. The second-order valence-corrected chi connectivity index (χ2v) is 6.75. The number of carbonyl (C=O) groups is 1. The number of amides is 1. The van der Waals surface area contributed by atoms with Crippen molar-refractivity contribution < 1.29 is 9.90 Å². The number of hydrogen-bond donors (Lipinski definition) is 2. The van der Waals surface area contributed by atoms with Crippen LogP contribution >= 0.6 is 0 Å². The molecule has 128 valence electrons. The minimum Gasteiger partial charge on any atom is -0.388 e. The van der Waals surface area contributed by atoms with Gasteiger partial charge in [-0.2, -0.15) is 5.10 Å². The van der Waals surface area contributed by atoms with Gasteiger partial charge in [0, 0.05) is 25.4 Å². The molecule has 0 bridgehead atoms. The van der Waals surface area contributed by atoms with Crippen molar-refractivity contribution in [1.82, 2.24) is 15.1 Å². The minimum absolute atomic E-state index is 0.181. The Morgan fingerprint density at radius 3 is 2.54 bits per heavy atom. The van der Waals surface area contributed by atoms with Gasteiger partial charge in [0.05, 0.1) is 11.2 Å². The molecule has 1 heterocycles. The van der Waals surface area contributed by atoms with E-state index in [-0.39, 0.29) is 5.91 Å². The molecule has 1 aromatic heterocycles. The number of rotatable bonds is 4. The van der Waals surface area contributed by atoms with Crippen LogP contribution in [0.3, 0.4) is 0 Å². The lowest BCUT2D eigenvalue weighted by atomic mass is 9.94. The summed E-state index contributed by atoms with van der Waals surface area (Å²) in [6, 6.07) is 9.68. The van der Waals surface area contributed by atoms with Crippen LogP contribution < -0.4 is 5.32 Å². The van der Waals surface area contributed by atoms with Crippen LogP contribution in [0.5, 0.6) is 0 Å². The van der Waals surface area contributed by atoms with Crippen molar-refractivity contribution in [2.45, 2.75) is 44.1 Å².